The molecule has 2 bridgehead atoms. The number of nitrogens with zero attached hydrogens (tertiary/aromatic N) is 4. The molecule has 2 unspecified atom stereocenters. The van der Waals surface area contributed by atoms with E-state index in [2.05, 4.69) is 168 Å². The third-order valence-corrected chi connectivity index (χ3v) is 13.5. The van der Waals surface area contributed by atoms with Gasteiger partial charge >= 0.3 is 0 Å². The Labute approximate surface area is 424 Å². The molecule has 7 aromatic carbocycles. The molecule has 2 atom stereocenters. The molecular weight excluding hydrogens is 1010 g/mol. The second-order valence-corrected chi connectivity index (χ2v) is 21.1. The van der Waals surface area contributed by atoms with Crippen molar-refractivity contribution in [1.29, 1.82) is 0 Å². The van der Waals surface area contributed by atoms with Gasteiger partial charge in [-0.2, -0.15) is 12.1 Å². The summed E-state index contributed by atoms with van der Waals surface area (Å²) in [6.45, 7) is 21.8. The number of anilines is 5. The van der Waals surface area contributed by atoms with Crippen molar-refractivity contribution in [2.45, 2.75) is 90.6 Å². The zero-order valence-corrected chi connectivity index (χ0v) is 42.2. The summed E-state index contributed by atoms with van der Waals surface area (Å²) in [5.74, 6) is 2.02. The molecule has 0 spiro atoms. The molecule has 4 heterocycles. The van der Waals surface area contributed by atoms with Crippen molar-refractivity contribution in [3.8, 4) is 33.8 Å². The average molecular weight is 1070 g/mol. The van der Waals surface area contributed by atoms with Crippen molar-refractivity contribution in [3.63, 3.8) is 0 Å². The van der Waals surface area contributed by atoms with E-state index in [0.717, 1.165) is 45.1 Å². The van der Waals surface area contributed by atoms with Crippen molar-refractivity contribution in [2.24, 2.45) is 0 Å². The largest absolute Gasteiger partial charge is 0.509 e. The van der Waals surface area contributed by atoms with Gasteiger partial charge in [-0.1, -0.05) is 153 Å². The summed E-state index contributed by atoms with van der Waals surface area (Å²) in [6, 6.07) is 49.2. The van der Waals surface area contributed by atoms with Gasteiger partial charge in [0.15, 0.2) is 0 Å². The molecular formula is C62H57N4OPt-3. The number of hydrogen-bond donors (Lipinski definition) is 0. The molecule has 1 aromatic heterocycles. The van der Waals surface area contributed by atoms with Gasteiger partial charge in [0.2, 0.25) is 0 Å². The Morgan fingerprint density at radius 2 is 1.16 bits per heavy atom. The minimum atomic E-state index is -0.432. The molecule has 0 N–H and O–H groups in total. The number of benzene rings is 7. The third-order valence-electron chi connectivity index (χ3n) is 13.5. The minimum Gasteiger partial charge on any atom is -0.509 e. The molecule has 0 saturated carbocycles. The fourth-order valence-electron chi connectivity index (χ4n) is 9.90. The van der Waals surface area contributed by atoms with E-state index >= 15 is 0 Å². The van der Waals surface area contributed by atoms with Gasteiger partial charge in [-0.3, -0.25) is 0 Å². The smallest absolute Gasteiger partial charge is 0.129 e. The summed E-state index contributed by atoms with van der Waals surface area (Å²) in [6.07, 6.45) is 1.84. The van der Waals surface area contributed by atoms with Crippen LogP contribution >= 0.6 is 0 Å². The number of aromatic nitrogens is 1. The molecule has 0 amide bonds. The second kappa shape index (κ2) is 17.0. The van der Waals surface area contributed by atoms with E-state index < -0.39 is 6.04 Å². The first kappa shape index (κ1) is 39.6. The topological polar surface area (TPSA) is 31.8 Å². The van der Waals surface area contributed by atoms with E-state index in [1.54, 1.807) is 0 Å². The van der Waals surface area contributed by atoms with Crippen LogP contribution in [0.5, 0.6) is 11.5 Å². The fourth-order valence-corrected chi connectivity index (χ4v) is 9.90. The molecule has 0 aliphatic carbocycles. The maximum Gasteiger partial charge on any atom is 0.129 e. The molecule has 0 fully saturated rings. The van der Waals surface area contributed by atoms with Crippen molar-refractivity contribution in [2.75, 3.05) is 14.7 Å². The standard InChI is InChI=1S/C62H57N4O.Pt/c1-60(2,3)42-32-41(33-43(34-42)61(4,5)6)52-36-44(62(7,8)9)35-51(40-20-11-10-12-21-40)57(52)65-39-64(54-26-15-16-27-55(54)65)45-22-19-23-46(37-45)67-47-29-30-50-53(38-47)59-49-25-14-13-24-48(49)58(50)66(59)56-28-17-18-31-63-56;/h10-28,30-36,38-39,58-59H,1-9H3;/q-3;/i10D,11D,12D,20D,21D;. The molecule has 11 rings (SSSR count). The number of ether oxygens (including phenoxy) is 1. The maximum absolute atomic E-state index is 9.42. The first-order valence-electron chi connectivity index (χ1n) is 25.7. The third kappa shape index (κ3) is 7.93. The molecule has 0 radical (unpaired) electrons. The van der Waals surface area contributed by atoms with Crippen LogP contribution in [-0.2, 0) is 37.3 Å². The normalized spacial score (nSPS) is 17.1. The van der Waals surface area contributed by atoms with E-state index in [4.69, 9.17) is 13.8 Å². The van der Waals surface area contributed by atoms with Crippen LogP contribution in [0.2, 0.25) is 0 Å². The summed E-state index contributed by atoms with van der Waals surface area (Å²) < 4.78 is 51.9. The summed E-state index contributed by atoms with van der Waals surface area (Å²) in [5.41, 5.74) is 13.1. The van der Waals surface area contributed by atoms with Crippen molar-refractivity contribution < 1.29 is 32.7 Å². The van der Waals surface area contributed by atoms with Crippen LogP contribution in [0, 0.1) is 18.8 Å². The van der Waals surface area contributed by atoms with Crippen molar-refractivity contribution >= 4 is 28.6 Å². The molecule has 5 nitrogen and oxygen atoms in total. The molecule has 8 aromatic rings. The Hall–Kier alpha value is -6.42. The molecule has 3 aliphatic rings. The number of rotatable bonds is 7. The predicted octanol–water partition coefficient (Wildman–Crippen LogP) is 16.1. The number of pyridine rings is 1. The van der Waals surface area contributed by atoms with Gasteiger partial charge in [0, 0.05) is 73.0 Å². The Balaban J connectivity index is 0.00000611. The van der Waals surface area contributed by atoms with Gasteiger partial charge in [0.05, 0.1) is 12.9 Å². The number of hydrogen-bond acceptors (Lipinski definition) is 5. The SMILES string of the molecule is [2H]c1c([2H])c([2H])c(-c2cc(C(C)(C)C)cc(-c3cc(C(C)(C)C)cc(C(C)(C)C)c3)c2N2[CH-]N(c3[c-]c(Oc4[c-]cc5c(c4)C4c6ccccc6C5N4c4ccccn4)ccc3)c3ccccc32)c([2H])c1[2H].[Pt]. The van der Waals surface area contributed by atoms with Gasteiger partial charge in [-0.05, 0) is 91.6 Å². The van der Waals surface area contributed by atoms with Gasteiger partial charge in [0.1, 0.15) is 5.82 Å². The van der Waals surface area contributed by atoms with Gasteiger partial charge in [0.25, 0.3) is 0 Å². The monoisotopic (exact) mass is 1070 g/mol. The fraction of sp³-hybridized carbons (Fsp3) is 0.226. The van der Waals surface area contributed by atoms with E-state index in [1.807, 2.05) is 61.4 Å². The Kier molecular flexibility index (Phi) is 9.87. The summed E-state index contributed by atoms with van der Waals surface area (Å²) in [4.78, 5) is 11.4. The molecule has 3 aliphatic heterocycles. The summed E-state index contributed by atoms with van der Waals surface area (Å²) >= 11 is 0. The summed E-state index contributed by atoms with van der Waals surface area (Å²) in [7, 11) is 0. The number of para-hydroxylation sites is 2. The van der Waals surface area contributed by atoms with Crippen LogP contribution in [0.1, 0.15) is 120 Å². The minimum absolute atomic E-state index is 0. The van der Waals surface area contributed by atoms with E-state index in [9.17, 15) is 2.74 Å². The van der Waals surface area contributed by atoms with Crippen LogP contribution in [0.25, 0.3) is 22.3 Å². The second-order valence-electron chi connectivity index (χ2n) is 21.1. The molecule has 68 heavy (non-hydrogen) atoms. The van der Waals surface area contributed by atoms with E-state index in [-0.39, 0.29) is 79.1 Å². The van der Waals surface area contributed by atoms with Crippen molar-refractivity contribution in [1.82, 2.24) is 4.98 Å². The Morgan fingerprint density at radius 1 is 0.574 bits per heavy atom. The van der Waals surface area contributed by atoms with Crippen LogP contribution in [0.3, 0.4) is 0 Å². The van der Waals surface area contributed by atoms with E-state index in [0.29, 0.717) is 22.7 Å². The van der Waals surface area contributed by atoms with Crippen LogP contribution in [0.15, 0.2) is 164 Å². The van der Waals surface area contributed by atoms with Crippen molar-refractivity contribution in [3.05, 3.63) is 222 Å². The average Bonchev–Trinajstić information content (AvgIpc) is 4.02. The van der Waals surface area contributed by atoms with Gasteiger partial charge < -0.3 is 19.4 Å². The Morgan fingerprint density at radius 3 is 1.79 bits per heavy atom. The zero-order valence-electron chi connectivity index (χ0n) is 44.9. The van der Waals surface area contributed by atoms with Crippen LogP contribution in [0.4, 0.5) is 28.6 Å². The summed E-state index contributed by atoms with van der Waals surface area (Å²) in [5, 5.41) is 0. The predicted molar refractivity (Wildman–Crippen MR) is 276 cm³/mol. The van der Waals surface area contributed by atoms with Gasteiger partial charge in [-0.25, -0.2) is 4.98 Å². The van der Waals surface area contributed by atoms with Crippen LogP contribution < -0.4 is 19.4 Å². The number of fused-ring (bicyclic) bond motifs is 9. The first-order valence-corrected chi connectivity index (χ1v) is 23.2. The van der Waals surface area contributed by atoms with Gasteiger partial charge in [-0.15, -0.1) is 53.8 Å². The molecule has 6 heteroatoms. The maximum atomic E-state index is 9.42. The quantitative estimate of drug-likeness (QED) is 0.149. The first-order chi connectivity index (χ1) is 34.2. The Bertz CT molecular complexity index is 3430. The van der Waals surface area contributed by atoms with E-state index in [1.165, 1.54) is 27.8 Å². The molecule has 0 saturated heterocycles. The zero-order chi connectivity index (χ0) is 50.8. The molecule has 344 valence electrons. The van der Waals surface area contributed by atoms with Crippen LogP contribution in [-0.4, -0.2) is 4.98 Å².